The van der Waals surface area contributed by atoms with Gasteiger partial charge in [-0.15, -0.1) is 24.0 Å². The lowest BCUT2D eigenvalue weighted by atomic mass is 10.2. The van der Waals surface area contributed by atoms with Crippen molar-refractivity contribution < 1.29 is 9.53 Å². The molecule has 1 aliphatic rings. The lowest BCUT2D eigenvalue weighted by molar-refractivity contribution is -0.120. The Morgan fingerprint density at radius 3 is 2.65 bits per heavy atom. The average molecular weight is 474 g/mol. The van der Waals surface area contributed by atoms with Crippen molar-refractivity contribution in [1.82, 2.24) is 16.0 Å². The van der Waals surface area contributed by atoms with Crippen molar-refractivity contribution >= 4 is 35.8 Å². The molecule has 0 saturated heterocycles. The van der Waals surface area contributed by atoms with Crippen LogP contribution in [-0.2, 0) is 11.3 Å². The highest BCUT2D eigenvalue weighted by Crippen LogP contribution is 2.30. The molecule has 1 aromatic rings. The largest absolute Gasteiger partial charge is 0.493 e. The first kappa shape index (κ1) is 22.5. The number of aliphatic imine (C=N–C) groups is 1. The van der Waals surface area contributed by atoms with Crippen LogP contribution in [0.3, 0.4) is 0 Å². The highest BCUT2D eigenvalue weighted by atomic mass is 127. The molecule has 1 amide bonds. The van der Waals surface area contributed by atoms with Crippen molar-refractivity contribution in [1.29, 1.82) is 0 Å². The molecule has 7 heteroatoms. The van der Waals surface area contributed by atoms with Crippen LogP contribution in [0.2, 0.25) is 0 Å². The van der Waals surface area contributed by atoms with Gasteiger partial charge in [-0.2, -0.15) is 0 Å². The fourth-order valence-electron chi connectivity index (χ4n) is 2.26. The molecule has 3 N–H and O–H groups in total. The van der Waals surface area contributed by atoms with Gasteiger partial charge >= 0.3 is 0 Å². The van der Waals surface area contributed by atoms with Crippen LogP contribution in [0.25, 0.3) is 0 Å². The number of nitrogens with one attached hydrogen (secondary N) is 3. The number of halogens is 1. The van der Waals surface area contributed by atoms with Gasteiger partial charge in [0.2, 0.25) is 5.91 Å². The second kappa shape index (κ2) is 12.8. The zero-order chi connectivity index (χ0) is 17.9. The summed E-state index contributed by atoms with van der Waals surface area (Å²) in [5.41, 5.74) is 1.05. The van der Waals surface area contributed by atoms with Crippen molar-refractivity contribution in [3.8, 4) is 5.75 Å². The summed E-state index contributed by atoms with van der Waals surface area (Å²) in [5, 5.41) is 9.07. The predicted octanol–water partition coefficient (Wildman–Crippen LogP) is 2.67. The Kier molecular flexibility index (Phi) is 11.1. The molecule has 0 bridgehead atoms. The molecule has 0 atom stereocenters. The molecule has 1 aromatic carbocycles. The SMILES string of the molecule is CCCNC(=O)CNC(=NCc1ccccc1OCC1CC1)NCC.I. The van der Waals surface area contributed by atoms with Gasteiger partial charge in [-0.25, -0.2) is 4.99 Å². The van der Waals surface area contributed by atoms with Gasteiger partial charge in [-0.3, -0.25) is 4.79 Å². The van der Waals surface area contributed by atoms with E-state index in [-0.39, 0.29) is 36.4 Å². The fraction of sp³-hybridized carbons (Fsp3) is 0.579. The molecule has 26 heavy (non-hydrogen) atoms. The molecular weight excluding hydrogens is 443 g/mol. The standard InChI is InChI=1S/C19H30N4O2.HI/c1-3-11-21-18(24)13-23-19(20-4-2)22-12-16-7-5-6-8-17(16)25-14-15-9-10-15;/h5-8,15H,3-4,9-14H2,1-2H3,(H,21,24)(H2,20,22,23);1H. The number of benzene rings is 1. The Morgan fingerprint density at radius 1 is 1.19 bits per heavy atom. The van der Waals surface area contributed by atoms with E-state index in [1.807, 2.05) is 38.1 Å². The maximum absolute atomic E-state index is 11.7. The van der Waals surface area contributed by atoms with Crippen LogP contribution in [0.15, 0.2) is 29.3 Å². The number of carbonyl (C=O) groups is 1. The van der Waals surface area contributed by atoms with E-state index < -0.39 is 0 Å². The summed E-state index contributed by atoms with van der Waals surface area (Å²) < 4.78 is 5.92. The Bertz CT molecular complexity index is 576. The van der Waals surface area contributed by atoms with Crippen LogP contribution in [0, 0.1) is 5.92 Å². The topological polar surface area (TPSA) is 74.8 Å². The van der Waals surface area contributed by atoms with Crippen LogP contribution in [0.4, 0.5) is 0 Å². The lowest BCUT2D eigenvalue weighted by Crippen LogP contribution is -2.43. The maximum Gasteiger partial charge on any atom is 0.239 e. The number of hydrogen-bond donors (Lipinski definition) is 3. The molecule has 1 fully saturated rings. The van der Waals surface area contributed by atoms with E-state index in [1.54, 1.807) is 0 Å². The van der Waals surface area contributed by atoms with E-state index >= 15 is 0 Å². The van der Waals surface area contributed by atoms with Gasteiger partial charge in [-0.1, -0.05) is 25.1 Å². The monoisotopic (exact) mass is 474 g/mol. The Hall–Kier alpha value is -1.51. The summed E-state index contributed by atoms with van der Waals surface area (Å²) in [5.74, 6) is 2.22. The zero-order valence-electron chi connectivity index (χ0n) is 15.7. The fourth-order valence-corrected chi connectivity index (χ4v) is 2.26. The molecule has 0 heterocycles. The van der Waals surface area contributed by atoms with E-state index in [0.29, 0.717) is 19.0 Å². The molecule has 146 valence electrons. The number of guanidine groups is 1. The second-order valence-electron chi connectivity index (χ2n) is 6.26. The number of rotatable bonds is 10. The van der Waals surface area contributed by atoms with Gasteiger partial charge in [0.15, 0.2) is 5.96 Å². The first-order chi connectivity index (χ1) is 12.2. The highest BCUT2D eigenvalue weighted by Gasteiger charge is 2.22. The average Bonchev–Trinajstić information content (AvgIpc) is 3.45. The molecule has 2 rings (SSSR count). The molecule has 0 radical (unpaired) electrons. The minimum Gasteiger partial charge on any atom is -0.493 e. The van der Waals surface area contributed by atoms with Gasteiger partial charge in [0, 0.05) is 18.7 Å². The molecule has 0 unspecified atom stereocenters. The van der Waals surface area contributed by atoms with Crippen LogP contribution in [0.5, 0.6) is 5.75 Å². The van der Waals surface area contributed by atoms with Crippen molar-refractivity contribution in [3.05, 3.63) is 29.8 Å². The molecule has 0 aliphatic heterocycles. The van der Waals surface area contributed by atoms with E-state index in [0.717, 1.165) is 36.8 Å². The van der Waals surface area contributed by atoms with Crippen molar-refractivity contribution in [3.63, 3.8) is 0 Å². The van der Waals surface area contributed by atoms with Crippen LogP contribution >= 0.6 is 24.0 Å². The molecule has 0 aromatic heterocycles. The van der Waals surface area contributed by atoms with Crippen molar-refractivity contribution in [2.24, 2.45) is 10.9 Å². The number of para-hydroxylation sites is 1. The Morgan fingerprint density at radius 2 is 1.96 bits per heavy atom. The first-order valence-electron chi connectivity index (χ1n) is 9.22. The van der Waals surface area contributed by atoms with Crippen LogP contribution in [0.1, 0.15) is 38.7 Å². The van der Waals surface area contributed by atoms with Gasteiger partial charge in [-0.05, 0) is 38.2 Å². The van der Waals surface area contributed by atoms with Gasteiger partial charge in [0.1, 0.15) is 5.75 Å². The van der Waals surface area contributed by atoms with Crippen LogP contribution in [-0.4, -0.2) is 38.1 Å². The summed E-state index contributed by atoms with van der Waals surface area (Å²) in [6, 6.07) is 8.00. The van der Waals surface area contributed by atoms with Crippen molar-refractivity contribution in [2.75, 3.05) is 26.2 Å². The number of amides is 1. The number of ether oxygens (including phenoxy) is 1. The first-order valence-corrected chi connectivity index (χ1v) is 9.22. The third-order valence-electron chi connectivity index (χ3n) is 3.88. The van der Waals surface area contributed by atoms with Crippen molar-refractivity contribution in [2.45, 2.75) is 39.7 Å². The highest BCUT2D eigenvalue weighted by molar-refractivity contribution is 14.0. The Labute approximate surface area is 173 Å². The molecular formula is C19H31IN4O2. The normalized spacial score (nSPS) is 13.5. The van der Waals surface area contributed by atoms with E-state index in [9.17, 15) is 4.79 Å². The van der Waals surface area contributed by atoms with Gasteiger partial charge in [0.25, 0.3) is 0 Å². The smallest absolute Gasteiger partial charge is 0.239 e. The van der Waals surface area contributed by atoms with E-state index in [1.165, 1.54) is 12.8 Å². The number of hydrogen-bond acceptors (Lipinski definition) is 3. The number of carbonyl (C=O) groups excluding carboxylic acids is 1. The lowest BCUT2D eigenvalue weighted by Gasteiger charge is -2.13. The number of nitrogens with zero attached hydrogens (tertiary/aromatic N) is 1. The molecule has 1 aliphatic carbocycles. The maximum atomic E-state index is 11.7. The third-order valence-corrected chi connectivity index (χ3v) is 3.88. The summed E-state index contributed by atoms with van der Waals surface area (Å²) in [6.07, 6.45) is 3.47. The minimum atomic E-state index is -0.0272. The summed E-state index contributed by atoms with van der Waals surface area (Å²) >= 11 is 0. The quantitative estimate of drug-likeness (QED) is 0.277. The summed E-state index contributed by atoms with van der Waals surface area (Å²) in [4.78, 5) is 16.3. The summed E-state index contributed by atoms with van der Waals surface area (Å²) in [7, 11) is 0. The predicted molar refractivity (Wildman–Crippen MR) is 116 cm³/mol. The van der Waals surface area contributed by atoms with E-state index in [2.05, 4.69) is 20.9 Å². The zero-order valence-corrected chi connectivity index (χ0v) is 18.0. The molecule has 6 nitrogen and oxygen atoms in total. The molecule has 1 saturated carbocycles. The third kappa shape index (κ3) is 8.73. The second-order valence-corrected chi connectivity index (χ2v) is 6.26. The van der Waals surface area contributed by atoms with Gasteiger partial charge < -0.3 is 20.7 Å². The van der Waals surface area contributed by atoms with E-state index in [4.69, 9.17) is 4.74 Å². The Balaban J connectivity index is 0.00000338. The van der Waals surface area contributed by atoms with Crippen LogP contribution < -0.4 is 20.7 Å². The minimum absolute atomic E-state index is 0. The summed E-state index contributed by atoms with van der Waals surface area (Å²) in [6.45, 7) is 6.97. The molecule has 0 spiro atoms. The van der Waals surface area contributed by atoms with Gasteiger partial charge in [0.05, 0.1) is 19.7 Å².